The van der Waals surface area contributed by atoms with E-state index in [-0.39, 0.29) is 17.3 Å². The van der Waals surface area contributed by atoms with Crippen LogP contribution in [0.2, 0.25) is 0 Å². The molecule has 0 unspecified atom stereocenters. The number of carboxylic acid groups (broad SMARTS) is 1. The van der Waals surface area contributed by atoms with Gasteiger partial charge in [-0.25, -0.2) is 9.78 Å². The van der Waals surface area contributed by atoms with E-state index in [4.69, 9.17) is 5.11 Å². The van der Waals surface area contributed by atoms with Crippen molar-refractivity contribution in [3.8, 4) is 0 Å². The topological polar surface area (TPSA) is 79.3 Å². The molecule has 0 aliphatic carbocycles. The second kappa shape index (κ2) is 7.71. The van der Waals surface area contributed by atoms with Gasteiger partial charge in [0.05, 0.1) is 5.75 Å². The number of aromatic carboxylic acids is 1. The fourth-order valence-electron chi connectivity index (χ4n) is 1.26. The maximum absolute atomic E-state index is 11.6. The van der Waals surface area contributed by atoms with Gasteiger partial charge < -0.3 is 10.4 Å². The van der Waals surface area contributed by atoms with Crippen LogP contribution in [0.15, 0.2) is 18.3 Å². The monoisotopic (exact) mass is 268 g/mol. The molecule has 1 heterocycles. The first-order valence-electron chi connectivity index (χ1n) is 5.71. The highest BCUT2D eigenvalue weighted by atomic mass is 32.2. The Bertz CT molecular complexity index is 424. The molecule has 1 aromatic heterocycles. The molecule has 6 heteroatoms. The highest BCUT2D eigenvalue weighted by Gasteiger charge is 2.12. The predicted octanol–water partition coefficient (Wildman–Crippen LogP) is 2.25. The first-order chi connectivity index (χ1) is 8.65. The van der Waals surface area contributed by atoms with Gasteiger partial charge >= 0.3 is 5.97 Å². The van der Waals surface area contributed by atoms with Crippen molar-refractivity contribution in [2.24, 2.45) is 0 Å². The van der Waals surface area contributed by atoms with Crippen molar-refractivity contribution in [3.05, 3.63) is 23.9 Å². The fraction of sp³-hybridized carbons (Fsp3) is 0.417. The number of nitrogens with zero attached hydrogens (tertiary/aromatic N) is 1. The summed E-state index contributed by atoms with van der Waals surface area (Å²) in [4.78, 5) is 26.4. The van der Waals surface area contributed by atoms with E-state index >= 15 is 0 Å². The largest absolute Gasteiger partial charge is 0.478 e. The van der Waals surface area contributed by atoms with Gasteiger partial charge in [-0.3, -0.25) is 4.79 Å². The SMILES string of the molecule is CCCCSCC(=O)Nc1ncccc1C(=O)O. The quantitative estimate of drug-likeness (QED) is 0.741. The molecule has 0 aliphatic rings. The molecule has 0 aliphatic heterocycles. The molecule has 0 saturated heterocycles. The Morgan fingerprint density at radius 2 is 2.28 bits per heavy atom. The van der Waals surface area contributed by atoms with Gasteiger partial charge in [0.25, 0.3) is 0 Å². The molecule has 98 valence electrons. The van der Waals surface area contributed by atoms with Gasteiger partial charge in [-0.1, -0.05) is 13.3 Å². The lowest BCUT2D eigenvalue weighted by atomic mass is 10.2. The highest BCUT2D eigenvalue weighted by molar-refractivity contribution is 7.99. The zero-order valence-electron chi connectivity index (χ0n) is 10.2. The number of pyridine rings is 1. The number of carbonyl (C=O) groups excluding carboxylic acids is 1. The Kier molecular flexibility index (Phi) is 6.21. The Balaban J connectivity index is 2.51. The number of rotatable bonds is 7. The molecular weight excluding hydrogens is 252 g/mol. The molecule has 18 heavy (non-hydrogen) atoms. The van der Waals surface area contributed by atoms with E-state index in [0.717, 1.165) is 18.6 Å². The Labute approximate surface area is 110 Å². The van der Waals surface area contributed by atoms with Crippen LogP contribution in [0.25, 0.3) is 0 Å². The summed E-state index contributed by atoms with van der Waals surface area (Å²) in [5.74, 6) is 0.0218. The van der Waals surface area contributed by atoms with Crippen LogP contribution in [-0.4, -0.2) is 33.5 Å². The third-order valence-electron chi connectivity index (χ3n) is 2.17. The molecule has 0 spiro atoms. The second-order valence-electron chi connectivity index (χ2n) is 3.66. The van der Waals surface area contributed by atoms with Crippen molar-refractivity contribution >= 4 is 29.5 Å². The van der Waals surface area contributed by atoms with Crippen LogP contribution >= 0.6 is 11.8 Å². The number of carbonyl (C=O) groups is 2. The van der Waals surface area contributed by atoms with E-state index in [9.17, 15) is 9.59 Å². The predicted molar refractivity (Wildman–Crippen MR) is 72.1 cm³/mol. The van der Waals surface area contributed by atoms with Gasteiger partial charge in [0.1, 0.15) is 11.4 Å². The van der Waals surface area contributed by atoms with Crippen LogP contribution in [0.5, 0.6) is 0 Å². The first-order valence-corrected chi connectivity index (χ1v) is 6.86. The Morgan fingerprint density at radius 3 is 2.94 bits per heavy atom. The molecule has 0 fully saturated rings. The Morgan fingerprint density at radius 1 is 1.50 bits per heavy atom. The van der Waals surface area contributed by atoms with Crippen molar-refractivity contribution in [2.45, 2.75) is 19.8 Å². The van der Waals surface area contributed by atoms with Crippen molar-refractivity contribution < 1.29 is 14.7 Å². The highest BCUT2D eigenvalue weighted by Crippen LogP contribution is 2.12. The minimum absolute atomic E-state index is 0.00408. The molecule has 0 bridgehead atoms. The lowest BCUT2D eigenvalue weighted by Crippen LogP contribution is -2.17. The van der Waals surface area contributed by atoms with Gasteiger partial charge in [0.15, 0.2) is 0 Å². The van der Waals surface area contributed by atoms with Gasteiger partial charge in [-0.2, -0.15) is 11.8 Å². The molecular formula is C12H16N2O3S. The van der Waals surface area contributed by atoms with Crippen LogP contribution in [0.4, 0.5) is 5.82 Å². The van der Waals surface area contributed by atoms with Gasteiger partial charge in [0.2, 0.25) is 5.91 Å². The van der Waals surface area contributed by atoms with Gasteiger partial charge in [0, 0.05) is 6.20 Å². The van der Waals surface area contributed by atoms with Crippen molar-refractivity contribution in [2.75, 3.05) is 16.8 Å². The zero-order chi connectivity index (χ0) is 13.4. The number of unbranched alkanes of at least 4 members (excludes halogenated alkanes) is 1. The summed E-state index contributed by atoms with van der Waals surface area (Å²) in [6.45, 7) is 2.09. The van der Waals surface area contributed by atoms with E-state index in [1.165, 1.54) is 30.1 Å². The zero-order valence-corrected chi connectivity index (χ0v) is 11.0. The lowest BCUT2D eigenvalue weighted by Gasteiger charge is -2.06. The normalized spacial score (nSPS) is 10.1. The van der Waals surface area contributed by atoms with E-state index in [1.54, 1.807) is 0 Å². The van der Waals surface area contributed by atoms with Crippen LogP contribution < -0.4 is 5.32 Å². The second-order valence-corrected chi connectivity index (χ2v) is 4.76. The smallest absolute Gasteiger partial charge is 0.339 e. The molecule has 0 saturated carbocycles. The van der Waals surface area contributed by atoms with Gasteiger partial charge in [-0.05, 0) is 24.3 Å². The maximum atomic E-state index is 11.6. The van der Waals surface area contributed by atoms with Crippen molar-refractivity contribution in [3.63, 3.8) is 0 Å². The number of carboxylic acids is 1. The third-order valence-corrected chi connectivity index (χ3v) is 3.21. The van der Waals surface area contributed by atoms with Crippen LogP contribution in [0.3, 0.4) is 0 Å². The summed E-state index contributed by atoms with van der Waals surface area (Å²) in [6, 6.07) is 2.93. The average molecular weight is 268 g/mol. The summed E-state index contributed by atoms with van der Waals surface area (Å²) in [7, 11) is 0. The van der Waals surface area contributed by atoms with Crippen molar-refractivity contribution in [1.82, 2.24) is 4.98 Å². The average Bonchev–Trinajstić information content (AvgIpc) is 2.35. The molecule has 2 N–H and O–H groups in total. The molecule has 0 radical (unpaired) electrons. The minimum Gasteiger partial charge on any atom is -0.478 e. The van der Waals surface area contributed by atoms with Crippen LogP contribution in [0, 0.1) is 0 Å². The summed E-state index contributed by atoms with van der Waals surface area (Å²) >= 11 is 1.53. The number of nitrogens with one attached hydrogen (secondary N) is 1. The lowest BCUT2D eigenvalue weighted by molar-refractivity contribution is -0.113. The molecule has 1 rings (SSSR count). The number of aromatic nitrogens is 1. The van der Waals surface area contributed by atoms with Gasteiger partial charge in [-0.15, -0.1) is 0 Å². The molecule has 1 amide bonds. The standard InChI is InChI=1S/C12H16N2O3S/c1-2-3-7-18-8-10(15)14-11-9(12(16)17)5-4-6-13-11/h4-6H,2-3,7-8H2,1H3,(H,16,17)(H,13,14,15). The molecule has 0 atom stereocenters. The summed E-state index contributed by atoms with van der Waals surface area (Å²) in [5.41, 5.74) is 0.00408. The van der Waals surface area contributed by atoms with Crippen LogP contribution in [-0.2, 0) is 4.79 Å². The fourth-order valence-corrected chi connectivity index (χ4v) is 2.15. The summed E-state index contributed by atoms with van der Waals surface area (Å²) in [5, 5.41) is 11.4. The number of hydrogen-bond acceptors (Lipinski definition) is 4. The number of amides is 1. The summed E-state index contributed by atoms with van der Waals surface area (Å²) in [6.07, 6.45) is 3.62. The Hall–Kier alpha value is -1.56. The molecule has 0 aromatic carbocycles. The van der Waals surface area contributed by atoms with Crippen LogP contribution in [0.1, 0.15) is 30.1 Å². The van der Waals surface area contributed by atoms with E-state index in [2.05, 4.69) is 17.2 Å². The molecule has 5 nitrogen and oxygen atoms in total. The number of hydrogen-bond donors (Lipinski definition) is 2. The minimum atomic E-state index is -1.10. The van der Waals surface area contributed by atoms with E-state index in [0.29, 0.717) is 5.75 Å². The maximum Gasteiger partial charge on any atom is 0.339 e. The first kappa shape index (κ1) is 14.5. The van der Waals surface area contributed by atoms with E-state index < -0.39 is 5.97 Å². The number of thioether (sulfide) groups is 1. The van der Waals surface area contributed by atoms with Crippen molar-refractivity contribution in [1.29, 1.82) is 0 Å². The third kappa shape index (κ3) is 4.75. The molecule has 1 aromatic rings. The van der Waals surface area contributed by atoms with E-state index in [1.807, 2.05) is 0 Å². The number of anilines is 1. The summed E-state index contributed by atoms with van der Waals surface area (Å²) < 4.78 is 0.